The van der Waals surface area contributed by atoms with E-state index >= 15 is 0 Å². The minimum absolute atomic E-state index is 0.119. The van der Waals surface area contributed by atoms with E-state index in [1.54, 1.807) is 18.0 Å². The predicted molar refractivity (Wildman–Crippen MR) is 103 cm³/mol. The van der Waals surface area contributed by atoms with E-state index in [-0.39, 0.29) is 5.91 Å². The number of benzene rings is 1. The lowest BCUT2D eigenvalue weighted by molar-refractivity contribution is 0.0997. The largest absolute Gasteiger partial charge is 0.286 e. The molecule has 1 N–H and O–H groups in total. The Hall–Kier alpha value is -1.81. The zero-order valence-corrected chi connectivity index (χ0v) is 16.2. The number of aromatic nitrogens is 1. The van der Waals surface area contributed by atoms with Gasteiger partial charge in [0.2, 0.25) is 10.0 Å². The van der Waals surface area contributed by atoms with E-state index in [1.807, 2.05) is 30.3 Å². The molecule has 2 aromatic heterocycles. The molecule has 0 aliphatic carbocycles. The third-order valence-electron chi connectivity index (χ3n) is 3.48. The minimum atomic E-state index is -3.19. The molecule has 132 valence electrons. The van der Waals surface area contributed by atoms with Crippen LogP contribution in [0.15, 0.2) is 36.4 Å². The monoisotopic (exact) mass is 395 g/mol. The number of nitrogens with one attached hydrogen (secondary N) is 1. The van der Waals surface area contributed by atoms with Crippen LogP contribution in [0.5, 0.6) is 0 Å². The first-order valence-corrected chi connectivity index (χ1v) is 11.0. The zero-order valence-electron chi connectivity index (χ0n) is 13.7. The summed E-state index contributed by atoms with van der Waals surface area (Å²) in [4.78, 5) is 20.3. The van der Waals surface area contributed by atoms with Crippen LogP contribution in [0.3, 0.4) is 0 Å². The lowest BCUT2D eigenvalue weighted by Crippen LogP contribution is -2.25. The highest BCUT2D eigenvalue weighted by Crippen LogP contribution is 2.29. The number of amides is 1. The summed E-state index contributed by atoms with van der Waals surface area (Å²) >= 11 is 2.85. The summed E-state index contributed by atoms with van der Waals surface area (Å²) in [6.45, 7) is 0.320. The molecule has 0 unspecified atom stereocenters. The van der Waals surface area contributed by atoms with Gasteiger partial charge >= 0.3 is 0 Å². The van der Waals surface area contributed by atoms with Crippen molar-refractivity contribution in [1.29, 1.82) is 0 Å². The molecule has 1 aromatic carbocycles. The van der Waals surface area contributed by atoms with Gasteiger partial charge in [0.05, 0.1) is 21.3 Å². The van der Waals surface area contributed by atoms with Crippen LogP contribution in [-0.2, 0) is 16.4 Å². The molecule has 0 atom stereocenters. The predicted octanol–water partition coefficient (Wildman–Crippen LogP) is 2.73. The molecular weight excluding hydrogens is 378 g/mol. The number of fused-ring (bicyclic) bond motifs is 1. The third kappa shape index (κ3) is 4.43. The number of anilines is 1. The fraction of sp³-hybridized carbons (Fsp3) is 0.250. The summed E-state index contributed by atoms with van der Waals surface area (Å²) in [6, 6.07) is 11.4. The first-order valence-electron chi connectivity index (χ1n) is 7.50. The van der Waals surface area contributed by atoms with E-state index in [0.717, 1.165) is 21.3 Å². The van der Waals surface area contributed by atoms with Crippen LogP contribution >= 0.6 is 22.7 Å². The normalized spacial score (nSPS) is 11.8. The second-order valence-electron chi connectivity index (χ2n) is 5.51. The van der Waals surface area contributed by atoms with Gasteiger partial charge in [-0.15, -0.1) is 11.3 Å². The maximum absolute atomic E-state index is 12.7. The van der Waals surface area contributed by atoms with E-state index in [2.05, 4.69) is 9.71 Å². The highest BCUT2D eigenvalue weighted by Gasteiger charge is 2.19. The van der Waals surface area contributed by atoms with Crippen LogP contribution in [0.2, 0.25) is 0 Å². The maximum atomic E-state index is 12.7. The summed E-state index contributed by atoms with van der Waals surface area (Å²) in [5.41, 5.74) is 0.876. The Morgan fingerprint density at radius 3 is 2.68 bits per heavy atom. The molecule has 0 spiro atoms. The Bertz CT molecular complexity index is 975. The number of thiazole rings is 1. The number of carbonyl (C=O) groups is 1. The Morgan fingerprint density at radius 2 is 1.96 bits per heavy atom. The number of rotatable bonds is 6. The van der Waals surface area contributed by atoms with E-state index in [0.29, 0.717) is 23.0 Å². The molecule has 6 nitrogen and oxygen atoms in total. The molecule has 25 heavy (non-hydrogen) atoms. The van der Waals surface area contributed by atoms with Crippen LogP contribution in [0.25, 0.3) is 10.2 Å². The van der Waals surface area contributed by atoms with Crippen LogP contribution in [0.4, 0.5) is 5.13 Å². The van der Waals surface area contributed by atoms with Gasteiger partial charge in [-0.2, -0.15) is 0 Å². The summed E-state index contributed by atoms with van der Waals surface area (Å²) < 4.78 is 25.6. The SMILES string of the molecule is CN(C(=O)c1ccc(CCNS(C)(=O)=O)s1)c1nc2ccccc2s1. The Balaban J connectivity index is 1.70. The van der Waals surface area contributed by atoms with Gasteiger partial charge in [-0.05, 0) is 30.7 Å². The van der Waals surface area contributed by atoms with Crippen molar-refractivity contribution in [2.75, 3.05) is 24.7 Å². The molecule has 2 heterocycles. The molecule has 0 saturated heterocycles. The molecule has 0 fully saturated rings. The van der Waals surface area contributed by atoms with Gasteiger partial charge in [0.25, 0.3) is 5.91 Å². The van der Waals surface area contributed by atoms with Gasteiger partial charge in [0.1, 0.15) is 0 Å². The summed E-state index contributed by atoms with van der Waals surface area (Å²) in [7, 11) is -1.48. The van der Waals surface area contributed by atoms with Crippen molar-refractivity contribution < 1.29 is 13.2 Å². The maximum Gasteiger partial charge on any atom is 0.269 e. The van der Waals surface area contributed by atoms with Crippen molar-refractivity contribution in [1.82, 2.24) is 9.71 Å². The number of carbonyl (C=O) groups excluding carboxylic acids is 1. The fourth-order valence-electron chi connectivity index (χ4n) is 2.24. The second-order valence-corrected chi connectivity index (χ2v) is 9.52. The molecule has 0 saturated carbocycles. The van der Waals surface area contributed by atoms with Crippen LogP contribution < -0.4 is 9.62 Å². The topological polar surface area (TPSA) is 79.4 Å². The molecule has 0 aliphatic rings. The molecule has 3 aromatic rings. The molecule has 9 heteroatoms. The second kappa shape index (κ2) is 7.20. The van der Waals surface area contributed by atoms with Gasteiger partial charge in [-0.25, -0.2) is 18.1 Å². The average Bonchev–Trinajstić information content (AvgIpc) is 3.18. The quantitative estimate of drug-likeness (QED) is 0.696. The summed E-state index contributed by atoms with van der Waals surface area (Å²) in [5.74, 6) is -0.119. The van der Waals surface area contributed by atoms with Crippen molar-refractivity contribution in [3.8, 4) is 0 Å². The standard InChI is InChI=1S/C16H17N3O3S3/c1-19(16-18-12-5-3-4-6-13(12)24-16)15(20)14-8-7-11(23-14)9-10-17-25(2,21)22/h3-8,17H,9-10H2,1-2H3. The van der Waals surface area contributed by atoms with Crippen molar-refractivity contribution in [3.63, 3.8) is 0 Å². The molecule has 0 radical (unpaired) electrons. The van der Waals surface area contributed by atoms with Crippen molar-refractivity contribution in [2.24, 2.45) is 0 Å². The third-order valence-corrected chi connectivity index (χ3v) is 6.46. The lowest BCUT2D eigenvalue weighted by Gasteiger charge is -2.11. The smallest absolute Gasteiger partial charge is 0.269 e. The first kappa shape index (κ1) is 18.0. The number of thiophene rings is 1. The number of sulfonamides is 1. The Kier molecular flexibility index (Phi) is 5.19. The van der Waals surface area contributed by atoms with E-state index in [9.17, 15) is 13.2 Å². The number of para-hydroxylation sites is 1. The van der Waals surface area contributed by atoms with E-state index in [4.69, 9.17) is 0 Å². The van der Waals surface area contributed by atoms with E-state index < -0.39 is 10.0 Å². The van der Waals surface area contributed by atoms with Crippen LogP contribution in [-0.4, -0.2) is 39.2 Å². The zero-order chi connectivity index (χ0) is 18.0. The van der Waals surface area contributed by atoms with Crippen molar-refractivity contribution >= 4 is 54.0 Å². The average molecular weight is 396 g/mol. The van der Waals surface area contributed by atoms with E-state index in [1.165, 1.54) is 22.7 Å². The first-order chi connectivity index (χ1) is 11.8. The Morgan fingerprint density at radius 1 is 1.20 bits per heavy atom. The van der Waals surface area contributed by atoms with Crippen molar-refractivity contribution in [3.05, 3.63) is 46.2 Å². The molecule has 0 bridgehead atoms. The number of nitrogens with zero attached hydrogens (tertiary/aromatic N) is 2. The van der Waals surface area contributed by atoms with Gasteiger partial charge in [0, 0.05) is 18.5 Å². The van der Waals surface area contributed by atoms with Crippen LogP contribution in [0.1, 0.15) is 14.5 Å². The summed E-state index contributed by atoms with van der Waals surface area (Å²) in [6.07, 6.45) is 1.68. The van der Waals surface area contributed by atoms with Crippen LogP contribution in [0, 0.1) is 0 Å². The highest BCUT2D eigenvalue weighted by molar-refractivity contribution is 7.88. The number of hydrogen-bond acceptors (Lipinski definition) is 6. The van der Waals surface area contributed by atoms with Gasteiger partial charge in [0.15, 0.2) is 5.13 Å². The fourth-order valence-corrected chi connectivity index (χ4v) is 4.62. The number of hydrogen-bond donors (Lipinski definition) is 1. The van der Waals surface area contributed by atoms with Crippen molar-refractivity contribution in [2.45, 2.75) is 6.42 Å². The highest BCUT2D eigenvalue weighted by atomic mass is 32.2. The molecular formula is C16H17N3O3S3. The molecule has 0 aliphatic heterocycles. The lowest BCUT2D eigenvalue weighted by atomic mass is 10.3. The minimum Gasteiger partial charge on any atom is -0.286 e. The summed E-state index contributed by atoms with van der Waals surface area (Å²) in [5, 5.41) is 0.653. The van der Waals surface area contributed by atoms with Gasteiger partial charge < -0.3 is 0 Å². The molecule has 1 amide bonds. The molecule has 3 rings (SSSR count). The Labute approximate surface area is 154 Å². The van der Waals surface area contributed by atoms with Gasteiger partial charge in [-0.1, -0.05) is 23.5 Å². The van der Waals surface area contributed by atoms with Gasteiger partial charge in [-0.3, -0.25) is 9.69 Å².